The van der Waals surface area contributed by atoms with Gasteiger partial charge < -0.3 is 10.5 Å². The maximum atomic E-state index is 13.7. The lowest BCUT2D eigenvalue weighted by molar-refractivity contribution is 0.0910. The van der Waals surface area contributed by atoms with Crippen molar-refractivity contribution in [2.45, 2.75) is 50.1 Å². The van der Waals surface area contributed by atoms with Crippen molar-refractivity contribution in [2.75, 3.05) is 20.2 Å². The number of nitrogens with two attached hydrogens (primary N) is 1. The van der Waals surface area contributed by atoms with Crippen molar-refractivity contribution in [3.8, 4) is 5.75 Å². The average Bonchev–Trinajstić information content (AvgIpc) is 3.18. The molecular weight excluding hydrogens is 267 g/mol. The van der Waals surface area contributed by atoms with Crippen LogP contribution in [0.1, 0.15) is 50.1 Å². The molecule has 116 valence electrons. The highest BCUT2D eigenvalue weighted by molar-refractivity contribution is 5.38. The number of hydrogen-bond acceptors (Lipinski definition) is 3. The number of rotatable bonds is 4. The molecule has 3 nitrogen and oxygen atoms in total. The summed E-state index contributed by atoms with van der Waals surface area (Å²) in [6.45, 7) is 2.23. The molecule has 0 bridgehead atoms. The smallest absolute Gasteiger partial charge is 0.123 e. The molecule has 0 radical (unpaired) electrons. The highest BCUT2D eigenvalue weighted by Crippen LogP contribution is 2.46. The highest BCUT2D eigenvalue weighted by Gasteiger charge is 2.46. The van der Waals surface area contributed by atoms with Crippen molar-refractivity contribution in [1.82, 2.24) is 4.90 Å². The van der Waals surface area contributed by atoms with Crippen LogP contribution < -0.4 is 10.5 Å². The molecule has 21 heavy (non-hydrogen) atoms. The highest BCUT2D eigenvalue weighted by atomic mass is 19.1. The van der Waals surface area contributed by atoms with Crippen LogP contribution in [0.4, 0.5) is 4.39 Å². The molecule has 3 rings (SSSR count). The van der Waals surface area contributed by atoms with Crippen molar-refractivity contribution < 1.29 is 9.13 Å². The zero-order chi connectivity index (χ0) is 14.9. The van der Waals surface area contributed by atoms with Crippen molar-refractivity contribution in [3.05, 3.63) is 29.6 Å². The van der Waals surface area contributed by atoms with E-state index in [1.165, 1.54) is 31.7 Å². The fourth-order valence-corrected chi connectivity index (χ4v) is 4.21. The first-order chi connectivity index (χ1) is 10.2. The first kappa shape index (κ1) is 14.8. The number of nitrogens with zero attached hydrogens (tertiary/aromatic N) is 1. The van der Waals surface area contributed by atoms with E-state index in [1.54, 1.807) is 19.2 Å². The van der Waals surface area contributed by atoms with E-state index in [0.29, 0.717) is 5.75 Å². The third-order valence-electron chi connectivity index (χ3n) is 5.31. The van der Waals surface area contributed by atoms with E-state index in [4.69, 9.17) is 10.5 Å². The van der Waals surface area contributed by atoms with Gasteiger partial charge in [0.1, 0.15) is 11.6 Å². The summed E-state index contributed by atoms with van der Waals surface area (Å²) < 4.78 is 19.1. The molecule has 1 aliphatic carbocycles. The van der Waals surface area contributed by atoms with Gasteiger partial charge in [0.25, 0.3) is 0 Å². The Morgan fingerprint density at radius 3 is 2.48 bits per heavy atom. The summed E-state index contributed by atoms with van der Waals surface area (Å²) in [6, 6.07) is 4.49. The molecule has 4 heteroatoms. The number of benzene rings is 1. The van der Waals surface area contributed by atoms with Gasteiger partial charge in [-0.3, -0.25) is 4.90 Å². The first-order valence-electron chi connectivity index (χ1n) is 8.01. The second kappa shape index (κ2) is 5.93. The van der Waals surface area contributed by atoms with Gasteiger partial charge in [-0.15, -0.1) is 0 Å². The Kier molecular flexibility index (Phi) is 4.18. The Morgan fingerprint density at radius 2 is 1.86 bits per heavy atom. The quantitative estimate of drug-likeness (QED) is 0.926. The molecule has 2 fully saturated rings. The van der Waals surface area contributed by atoms with Gasteiger partial charge in [0.2, 0.25) is 0 Å². The number of hydrogen-bond donors (Lipinski definition) is 1. The van der Waals surface area contributed by atoms with E-state index in [9.17, 15) is 4.39 Å². The fraction of sp³-hybridized carbons (Fsp3) is 0.647. The lowest BCUT2D eigenvalue weighted by atomic mass is 9.82. The van der Waals surface area contributed by atoms with Crippen molar-refractivity contribution in [3.63, 3.8) is 0 Å². The molecule has 1 atom stereocenters. The van der Waals surface area contributed by atoms with Gasteiger partial charge in [-0.2, -0.15) is 0 Å². The van der Waals surface area contributed by atoms with E-state index in [1.807, 2.05) is 0 Å². The minimum Gasteiger partial charge on any atom is -0.496 e. The van der Waals surface area contributed by atoms with E-state index in [0.717, 1.165) is 31.5 Å². The second-order valence-electron chi connectivity index (χ2n) is 6.37. The van der Waals surface area contributed by atoms with Crippen LogP contribution in [-0.2, 0) is 0 Å². The largest absolute Gasteiger partial charge is 0.496 e. The number of methoxy groups -OCH3 is 1. The molecule has 1 heterocycles. The normalized spacial score (nSPS) is 23.4. The summed E-state index contributed by atoms with van der Waals surface area (Å²) in [5.74, 6) is 0.463. The van der Waals surface area contributed by atoms with Crippen LogP contribution in [0.25, 0.3) is 0 Å². The third-order valence-corrected chi connectivity index (χ3v) is 5.31. The van der Waals surface area contributed by atoms with Gasteiger partial charge in [0.15, 0.2) is 0 Å². The van der Waals surface area contributed by atoms with Gasteiger partial charge >= 0.3 is 0 Å². The van der Waals surface area contributed by atoms with Crippen LogP contribution in [0.2, 0.25) is 0 Å². The van der Waals surface area contributed by atoms with Crippen LogP contribution in [0, 0.1) is 5.82 Å². The minimum absolute atomic E-state index is 0.0163. The van der Waals surface area contributed by atoms with Crippen molar-refractivity contribution in [2.24, 2.45) is 5.73 Å². The van der Waals surface area contributed by atoms with Crippen LogP contribution in [0.5, 0.6) is 5.75 Å². The van der Waals surface area contributed by atoms with Gasteiger partial charge in [-0.05, 0) is 57.0 Å². The Hall–Kier alpha value is -1.13. The Bertz CT molecular complexity index is 494. The maximum absolute atomic E-state index is 13.7. The zero-order valence-electron chi connectivity index (χ0n) is 12.8. The fourth-order valence-electron chi connectivity index (χ4n) is 4.21. The molecular formula is C17H25FN2O. The Labute approximate surface area is 126 Å². The predicted octanol–water partition coefficient (Wildman–Crippen LogP) is 3.24. The average molecular weight is 292 g/mol. The molecule has 1 saturated heterocycles. The molecule has 2 aliphatic rings. The molecule has 1 unspecified atom stereocenters. The summed E-state index contributed by atoms with van der Waals surface area (Å²) in [4.78, 5) is 2.55. The second-order valence-corrected chi connectivity index (χ2v) is 6.37. The van der Waals surface area contributed by atoms with E-state index in [-0.39, 0.29) is 17.4 Å². The van der Waals surface area contributed by atoms with Gasteiger partial charge in [-0.1, -0.05) is 12.8 Å². The van der Waals surface area contributed by atoms with Crippen LogP contribution in [0.15, 0.2) is 18.2 Å². The molecule has 0 spiro atoms. The topological polar surface area (TPSA) is 38.5 Å². The van der Waals surface area contributed by atoms with Gasteiger partial charge in [0.05, 0.1) is 13.2 Å². The zero-order valence-corrected chi connectivity index (χ0v) is 12.8. The number of halogens is 1. The minimum atomic E-state index is -0.240. The van der Waals surface area contributed by atoms with Gasteiger partial charge in [0, 0.05) is 11.1 Å². The van der Waals surface area contributed by atoms with Crippen LogP contribution in [0.3, 0.4) is 0 Å². The van der Waals surface area contributed by atoms with E-state index in [2.05, 4.69) is 4.90 Å². The molecule has 2 N–H and O–H groups in total. The molecule has 1 aromatic rings. The van der Waals surface area contributed by atoms with Crippen molar-refractivity contribution >= 4 is 0 Å². The van der Waals surface area contributed by atoms with Gasteiger partial charge in [-0.25, -0.2) is 4.39 Å². The van der Waals surface area contributed by atoms with Crippen molar-refractivity contribution in [1.29, 1.82) is 0 Å². The number of ether oxygens (including phenoxy) is 1. The third kappa shape index (κ3) is 2.55. The monoisotopic (exact) mass is 292 g/mol. The molecule has 0 aromatic heterocycles. The summed E-state index contributed by atoms with van der Waals surface area (Å²) in [5, 5.41) is 0. The van der Waals surface area contributed by atoms with Crippen LogP contribution in [-0.4, -0.2) is 30.6 Å². The lowest BCUT2D eigenvalue weighted by Crippen LogP contribution is -2.52. The van der Waals surface area contributed by atoms with E-state index < -0.39 is 0 Å². The first-order valence-corrected chi connectivity index (χ1v) is 8.01. The predicted molar refractivity (Wildman–Crippen MR) is 81.9 cm³/mol. The molecule has 0 amide bonds. The summed E-state index contributed by atoms with van der Waals surface area (Å²) in [5.41, 5.74) is 7.47. The Morgan fingerprint density at radius 1 is 1.19 bits per heavy atom. The SMILES string of the molecule is COc1ccc(F)cc1C(N)C1(N2CCCC2)CCCC1. The van der Waals surface area contributed by atoms with Crippen LogP contribution >= 0.6 is 0 Å². The standard InChI is InChI=1S/C17H25FN2O/c1-21-15-7-6-13(18)12-14(15)16(19)17(8-2-3-9-17)20-10-4-5-11-20/h6-7,12,16H,2-5,8-11,19H2,1H3. The number of likely N-dealkylation sites (tertiary alicyclic amines) is 1. The molecule has 1 saturated carbocycles. The molecule has 1 aliphatic heterocycles. The molecule has 1 aromatic carbocycles. The summed E-state index contributed by atoms with van der Waals surface area (Å²) >= 11 is 0. The lowest BCUT2D eigenvalue weighted by Gasteiger charge is -2.44. The van der Waals surface area contributed by atoms with E-state index >= 15 is 0 Å². The Balaban J connectivity index is 1.98. The summed E-state index contributed by atoms with van der Waals surface area (Å²) in [7, 11) is 1.63. The summed E-state index contributed by atoms with van der Waals surface area (Å²) in [6.07, 6.45) is 7.12. The maximum Gasteiger partial charge on any atom is 0.123 e.